The van der Waals surface area contributed by atoms with Crippen molar-refractivity contribution in [1.29, 1.82) is 0 Å². The van der Waals surface area contributed by atoms with Gasteiger partial charge in [0, 0.05) is 12.3 Å². The van der Waals surface area contributed by atoms with E-state index >= 15 is 0 Å². The third-order valence-corrected chi connectivity index (χ3v) is 4.34. The highest BCUT2D eigenvalue weighted by atomic mass is 16.1. The third kappa shape index (κ3) is 2.23. The normalized spacial score (nSPS) is 35.2. The SMILES string of the molecule is CCCC1C(=O)CC(C)C1C1=CCCCC1. The summed E-state index contributed by atoms with van der Waals surface area (Å²) in [6.45, 7) is 4.47. The minimum atomic E-state index is 0.351. The Balaban J connectivity index is 2.15. The Kier molecular flexibility index (Phi) is 3.83. The van der Waals surface area contributed by atoms with Gasteiger partial charge in [-0.1, -0.05) is 31.9 Å². The van der Waals surface area contributed by atoms with Crippen molar-refractivity contribution in [2.75, 3.05) is 0 Å². The van der Waals surface area contributed by atoms with Crippen molar-refractivity contribution in [2.45, 2.75) is 58.8 Å². The monoisotopic (exact) mass is 220 g/mol. The fourth-order valence-corrected chi connectivity index (χ4v) is 3.63. The number of rotatable bonds is 3. The van der Waals surface area contributed by atoms with Crippen molar-refractivity contribution in [2.24, 2.45) is 17.8 Å². The molecule has 0 aromatic carbocycles. The fraction of sp³-hybridized carbons (Fsp3) is 0.800. The van der Waals surface area contributed by atoms with Crippen molar-refractivity contribution < 1.29 is 4.79 Å². The summed E-state index contributed by atoms with van der Waals surface area (Å²) in [5.74, 6) is 2.07. The second kappa shape index (κ2) is 5.16. The summed E-state index contributed by atoms with van der Waals surface area (Å²) in [7, 11) is 0. The van der Waals surface area contributed by atoms with E-state index in [4.69, 9.17) is 0 Å². The molecule has 0 amide bonds. The second-order valence-electron chi connectivity index (χ2n) is 5.59. The minimum absolute atomic E-state index is 0.351. The van der Waals surface area contributed by atoms with Crippen LogP contribution in [0.5, 0.6) is 0 Å². The van der Waals surface area contributed by atoms with Crippen LogP contribution in [0.1, 0.15) is 58.8 Å². The first-order chi connectivity index (χ1) is 7.74. The lowest BCUT2D eigenvalue weighted by Crippen LogP contribution is -2.20. The Hall–Kier alpha value is -0.590. The number of allylic oxidation sites excluding steroid dienone is 2. The topological polar surface area (TPSA) is 17.1 Å². The van der Waals surface area contributed by atoms with Gasteiger partial charge in [-0.25, -0.2) is 0 Å². The summed E-state index contributed by atoms with van der Waals surface area (Å²) in [4.78, 5) is 12.0. The maximum Gasteiger partial charge on any atom is 0.136 e. The first-order valence-corrected chi connectivity index (χ1v) is 6.95. The number of carbonyl (C=O) groups is 1. The van der Waals surface area contributed by atoms with E-state index in [-0.39, 0.29) is 0 Å². The lowest BCUT2D eigenvalue weighted by Gasteiger charge is -2.27. The van der Waals surface area contributed by atoms with Gasteiger partial charge >= 0.3 is 0 Å². The van der Waals surface area contributed by atoms with Gasteiger partial charge in [0.15, 0.2) is 0 Å². The highest BCUT2D eigenvalue weighted by Gasteiger charge is 2.40. The number of hydrogen-bond acceptors (Lipinski definition) is 1. The van der Waals surface area contributed by atoms with Crippen LogP contribution < -0.4 is 0 Å². The zero-order chi connectivity index (χ0) is 11.5. The molecule has 0 heterocycles. The molecule has 1 fully saturated rings. The van der Waals surface area contributed by atoms with E-state index in [1.807, 2.05) is 0 Å². The molecule has 3 atom stereocenters. The molecule has 0 spiro atoms. The Morgan fingerprint density at radius 2 is 2.19 bits per heavy atom. The van der Waals surface area contributed by atoms with Crippen molar-refractivity contribution in [3.63, 3.8) is 0 Å². The molecular weight excluding hydrogens is 196 g/mol. The molecule has 2 rings (SSSR count). The summed E-state index contributed by atoms with van der Waals surface area (Å²) in [6, 6.07) is 0. The van der Waals surface area contributed by atoms with Crippen LogP contribution in [0.2, 0.25) is 0 Å². The summed E-state index contributed by atoms with van der Waals surface area (Å²) < 4.78 is 0. The van der Waals surface area contributed by atoms with E-state index in [9.17, 15) is 4.79 Å². The summed E-state index contributed by atoms with van der Waals surface area (Å²) in [5, 5.41) is 0. The molecule has 0 aliphatic heterocycles. The smallest absolute Gasteiger partial charge is 0.136 e. The third-order valence-electron chi connectivity index (χ3n) is 4.34. The maximum absolute atomic E-state index is 12.0. The van der Waals surface area contributed by atoms with Gasteiger partial charge in [-0.3, -0.25) is 4.79 Å². The predicted molar refractivity (Wildman–Crippen MR) is 67.2 cm³/mol. The van der Waals surface area contributed by atoms with Gasteiger partial charge in [-0.2, -0.15) is 0 Å². The number of Topliss-reactive ketones (excluding diaryl/α,β-unsaturated/α-hetero) is 1. The average molecular weight is 220 g/mol. The van der Waals surface area contributed by atoms with E-state index in [1.54, 1.807) is 5.57 Å². The van der Waals surface area contributed by atoms with Gasteiger partial charge < -0.3 is 0 Å². The Morgan fingerprint density at radius 3 is 2.81 bits per heavy atom. The molecule has 0 saturated heterocycles. The van der Waals surface area contributed by atoms with E-state index in [0.29, 0.717) is 23.5 Å². The summed E-state index contributed by atoms with van der Waals surface area (Å²) >= 11 is 0. The van der Waals surface area contributed by atoms with Crippen molar-refractivity contribution in [3.8, 4) is 0 Å². The Labute approximate surface area is 99.3 Å². The molecule has 1 saturated carbocycles. The molecule has 0 aromatic heterocycles. The number of hydrogen-bond donors (Lipinski definition) is 0. The van der Waals surface area contributed by atoms with Crippen LogP contribution >= 0.6 is 0 Å². The number of carbonyl (C=O) groups excluding carboxylic acids is 1. The molecule has 0 bridgehead atoms. The van der Waals surface area contributed by atoms with Crippen molar-refractivity contribution >= 4 is 5.78 Å². The van der Waals surface area contributed by atoms with Crippen LogP contribution in [0.3, 0.4) is 0 Å². The molecule has 3 unspecified atom stereocenters. The Bertz CT molecular complexity index is 290. The van der Waals surface area contributed by atoms with Crippen LogP contribution in [0, 0.1) is 17.8 Å². The van der Waals surface area contributed by atoms with Crippen molar-refractivity contribution in [1.82, 2.24) is 0 Å². The summed E-state index contributed by atoms with van der Waals surface area (Å²) in [5.41, 5.74) is 1.61. The largest absolute Gasteiger partial charge is 0.299 e. The highest BCUT2D eigenvalue weighted by molar-refractivity contribution is 5.84. The molecule has 2 aliphatic rings. The lowest BCUT2D eigenvalue weighted by molar-refractivity contribution is -0.121. The van der Waals surface area contributed by atoms with E-state index in [1.165, 1.54) is 25.7 Å². The first-order valence-electron chi connectivity index (χ1n) is 6.95. The lowest BCUT2D eigenvalue weighted by atomic mass is 9.77. The molecular formula is C15H24O. The highest BCUT2D eigenvalue weighted by Crippen LogP contribution is 2.44. The maximum atomic E-state index is 12.0. The van der Waals surface area contributed by atoms with Gasteiger partial charge in [0.2, 0.25) is 0 Å². The van der Waals surface area contributed by atoms with Crippen molar-refractivity contribution in [3.05, 3.63) is 11.6 Å². The molecule has 1 nitrogen and oxygen atoms in total. The molecule has 16 heavy (non-hydrogen) atoms. The fourth-order valence-electron chi connectivity index (χ4n) is 3.63. The van der Waals surface area contributed by atoms with Gasteiger partial charge in [0.1, 0.15) is 5.78 Å². The van der Waals surface area contributed by atoms with Crippen LogP contribution in [-0.4, -0.2) is 5.78 Å². The quantitative estimate of drug-likeness (QED) is 0.654. The van der Waals surface area contributed by atoms with Crippen LogP contribution in [0.4, 0.5) is 0 Å². The Morgan fingerprint density at radius 1 is 1.38 bits per heavy atom. The van der Waals surface area contributed by atoms with Gasteiger partial charge in [-0.05, 0) is 43.9 Å². The van der Waals surface area contributed by atoms with E-state index < -0.39 is 0 Å². The van der Waals surface area contributed by atoms with Crippen LogP contribution in [0.25, 0.3) is 0 Å². The van der Waals surface area contributed by atoms with Gasteiger partial charge in [0.05, 0.1) is 0 Å². The van der Waals surface area contributed by atoms with Crippen LogP contribution in [-0.2, 0) is 4.79 Å². The molecule has 0 N–H and O–H groups in total. The zero-order valence-electron chi connectivity index (χ0n) is 10.7. The van der Waals surface area contributed by atoms with Gasteiger partial charge in [0.25, 0.3) is 0 Å². The zero-order valence-corrected chi connectivity index (χ0v) is 10.7. The average Bonchev–Trinajstić information content (AvgIpc) is 2.56. The first kappa shape index (κ1) is 11.9. The van der Waals surface area contributed by atoms with E-state index in [2.05, 4.69) is 19.9 Å². The van der Waals surface area contributed by atoms with E-state index in [0.717, 1.165) is 19.3 Å². The molecule has 0 radical (unpaired) electrons. The standard InChI is InChI=1S/C15H24O/c1-3-7-13-14(16)10-11(2)15(13)12-8-5-4-6-9-12/h8,11,13,15H,3-7,9-10H2,1-2H3. The summed E-state index contributed by atoms with van der Waals surface area (Å²) in [6.07, 6.45) is 10.7. The number of ketones is 1. The molecule has 0 aromatic rings. The minimum Gasteiger partial charge on any atom is -0.299 e. The molecule has 2 aliphatic carbocycles. The van der Waals surface area contributed by atoms with Crippen LogP contribution in [0.15, 0.2) is 11.6 Å². The molecule has 90 valence electrons. The van der Waals surface area contributed by atoms with Gasteiger partial charge in [-0.15, -0.1) is 0 Å². The predicted octanol–water partition coefficient (Wildman–Crippen LogP) is 4.13. The second-order valence-corrected chi connectivity index (χ2v) is 5.59. The molecule has 1 heteroatoms.